The van der Waals surface area contributed by atoms with Gasteiger partial charge in [-0.2, -0.15) is 0 Å². The highest BCUT2D eigenvalue weighted by Crippen LogP contribution is 2.21. The van der Waals surface area contributed by atoms with E-state index >= 15 is 0 Å². The van der Waals surface area contributed by atoms with E-state index in [1.165, 1.54) is 6.08 Å². The first-order valence-corrected chi connectivity index (χ1v) is 4.48. The predicted molar refractivity (Wildman–Crippen MR) is 60.6 cm³/mol. The quantitative estimate of drug-likeness (QED) is 0.356. The summed E-state index contributed by atoms with van der Waals surface area (Å²) in [6, 6.07) is 7.26. The van der Waals surface area contributed by atoms with Crippen molar-refractivity contribution in [3.8, 4) is 0 Å². The molecular formula is C11H12N2O2. The average molecular weight is 204 g/mol. The van der Waals surface area contributed by atoms with Gasteiger partial charge in [-0.25, -0.2) is 0 Å². The second-order valence-corrected chi connectivity index (χ2v) is 2.93. The summed E-state index contributed by atoms with van der Waals surface area (Å²) in [5, 5.41) is 10.2. The van der Waals surface area contributed by atoms with E-state index in [2.05, 4.69) is 0 Å². The van der Waals surface area contributed by atoms with Crippen LogP contribution in [0, 0.1) is 10.1 Å². The molecule has 0 heterocycles. The Morgan fingerprint density at radius 3 is 2.67 bits per heavy atom. The van der Waals surface area contributed by atoms with Crippen molar-refractivity contribution in [3.05, 3.63) is 58.3 Å². The highest BCUT2D eigenvalue weighted by Gasteiger charge is 2.01. The number of benzene rings is 1. The summed E-state index contributed by atoms with van der Waals surface area (Å²) < 4.78 is 0. The van der Waals surface area contributed by atoms with Crippen LogP contribution in [-0.4, -0.2) is 4.92 Å². The number of allylic oxidation sites excluding steroid dienone is 3. The van der Waals surface area contributed by atoms with Gasteiger partial charge in [0.2, 0.25) is 6.20 Å². The van der Waals surface area contributed by atoms with Gasteiger partial charge in [-0.15, -0.1) is 0 Å². The molecule has 0 bridgehead atoms. The van der Waals surface area contributed by atoms with Crippen molar-refractivity contribution in [3.63, 3.8) is 0 Å². The van der Waals surface area contributed by atoms with E-state index in [9.17, 15) is 10.1 Å². The lowest BCUT2D eigenvalue weighted by molar-refractivity contribution is -0.402. The van der Waals surface area contributed by atoms with Gasteiger partial charge >= 0.3 is 0 Å². The van der Waals surface area contributed by atoms with Gasteiger partial charge < -0.3 is 5.73 Å². The van der Waals surface area contributed by atoms with Gasteiger partial charge in [0.05, 0.1) is 4.92 Å². The molecular weight excluding hydrogens is 192 g/mol. The number of nitrogen functional groups attached to an aromatic ring is 1. The van der Waals surface area contributed by atoms with Gasteiger partial charge in [-0.1, -0.05) is 24.3 Å². The topological polar surface area (TPSA) is 69.2 Å². The molecule has 0 aliphatic heterocycles. The number of hydrogen-bond acceptors (Lipinski definition) is 3. The van der Waals surface area contributed by atoms with Crippen LogP contribution >= 0.6 is 0 Å². The molecule has 0 aliphatic rings. The molecule has 78 valence electrons. The minimum atomic E-state index is -0.497. The van der Waals surface area contributed by atoms with Crippen LogP contribution in [0.25, 0.3) is 5.57 Å². The van der Waals surface area contributed by atoms with Gasteiger partial charge in [-0.05, 0) is 18.6 Å². The number of nitrogens with two attached hydrogens (primary N) is 1. The van der Waals surface area contributed by atoms with Crippen LogP contribution in [0.15, 0.2) is 42.6 Å². The van der Waals surface area contributed by atoms with Crippen molar-refractivity contribution in [1.82, 2.24) is 0 Å². The predicted octanol–water partition coefficient (Wildman–Crippen LogP) is 2.46. The molecule has 4 nitrogen and oxygen atoms in total. The third-order valence-corrected chi connectivity index (χ3v) is 1.96. The number of para-hydroxylation sites is 1. The summed E-state index contributed by atoms with van der Waals surface area (Å²) >= 11 is 0. The van der Waals surface area contributed by atoms with Gasteiger partial charge in [0.1, 0.15) is 0 Å². The van der Waals surface area contributed by atoms with Crippen molar-refractivity contribution in [2.24, 2.45) is 0 Å². The Bertz CT molecular complexity index is 422. The van der Waals surface area contributed by atoms with Crippen LogP contribution in [0.3, 0.4) is 0 Å². The standard InChI is InChI=1S/C11H12N2O2/c1-2-9(7-8-13(14)15)10-5-3-4-6-11(10)12/h2-8H,12H2,1H3/b8-7+,9-2+. The summed E-state index contributed by atoms with van der Waals surface area (Å²) in [5.41, 5.74) is 7.91. The van der Waals surface area contributed by atoms with Gasteiger partial charge in [0.25, 0.3) is 0 Å². The summed E-state index contributed by atoms with van der Waals surface area (Å²) in [6.07, 6.45) is 4.12. The summed E-state index contributed by atoms with van der Waals surface area (Å²) in [6.45, 7) is 1.81. The Balaban J connectivity index is 3.05. The number of hydrogen-bond donors (Lipinski definition) is 1. The molecule has 0 saturated carbocycles. The molecule has 1 rings (SSSR count). The van der Waals surface area contributed by atoms with E-state index in [1.54, 1.807) is 12.1 Å². The zero-order valence-corrected chi connectivity index (χ0v) is 8.38. The van der Waals surface area contributed by atoms with Crippen LogP contribution in [0.4, 0.5) is 5.69 Å². The summed E-state index contributed by atoms with van der Waals surface area (Å²) in [5.74, 6) is 0. The van der Waals surface area contributed by atoms with E-state index in [4.69, 9.17) is 5.73 Å². The van der Waals surface area contributed by atoms with E-state index < -0.39 is 4.92 Å². The van der Waals surface area contributed by atoms with Crippen molar-refractivity contribution >= 4 is 11.3 Å². The fourth-order valence-electron chi connectivity index (χ4n) is 1.24. The second-order valence-electron chi connectivity index (χ2n) is 2.93. The van der Waals surface area contributed by atoms with Crippen LogP contribution < -0.4 is 5.73 Å². The van der Waals surface area contributed by atoms with Crippen molar-refractivity contribution in [2.45, 2.75) is 6.92 Å². The fraction of sp³-hybridized carbons (Fsp3) is 0.0909. The van der Waals surface area contributed by atoms with Crippen molar-refractivity contribution < 1.29 is 4.92 Å². The Kier molecular flexibility index (Phi) is 3.62. The number of rotatable bonds is 3. The molecule has 0 atom stereocenters. The summed E-state index contributed by atoms with van der Waals surface area (Å²) in [4.78, 5) is 9.70. The molecule has 0 aliphatic carbocycles. The highest BCUT2D eigenvalue weighted by atomic mass is 16.6. The first-order chi connectivity index (χ1) is 7.15. The Morgan fingerprint density at radius 1 is 1.47 bits per heavy atom. The molecule has 0 fully saturated rings. The van der Waals surface area contributed by atoms with Crippen LogP contribution in [0.2, 0.25) is 0 Å². The second kappa shape index (κ2) is 4.95. The monoisotopic (exact) mass is 204 g/mol. The maximum Gasteiger partial charge on any atom is 0.235 e. The molecule has 0 saturated heterocycles. The van der Waals surface area contributed by atoms with Gasteiger partial charge in [-0.3, -0.25) is 10.1 Å². The van der Waals surface area contributed by atoms with Crippen LogP contribution in [0.1, 0.15) is 12.5 Å². The van der Waals surface area contributed by atoms with Gasteiger partial charge in [0.15, 0.2) is 0 Å². The third kappa shape index (κ3) is 2.95. The first-order valence-electron chi connectivity index (χ1n) is 4.48. The lowest BCUT2D eigenvalue weighted by atomic mass is 10.0. The molecule has 15 heavy (non-hydrogen) atoms. The Labute approximate surface area is 87.9 Å². The van der Waals surface area contributed by atoms with E-state index in [0.29, 0.717) is 5.69 Å². The van der Waals surface area contributed by atoms with E-state index in [0.717, 1.165) is 17.3 Å². The molecule has 2 N–H and O–H groups in total. The van der Waals surface area contributed by atoms with Crippen LogP contribution in [-0.2, 0) is 0 Å². The normalized spacial score (nSPS) is 11.9. The zero-order chi connectivity index (χ0) is 11.3. The maximum atomic E-state index is 10.2. The molecule has 0 unspecified atom stereocenters. The Morgan fingerprint density at radius 2 is 2.13 bits per heavy atom. The van der Waals surface area contributed by atoms with E-state index in [1.807, 2.05) is 25.1 Å². The average Bonchev–Trinajstić information content (AvgIpc) is 2.21. The molecule has 0 radical (unpaired) electrons. The Hall–Kier alpha value is -2.10. The van der Waals surface area contributed by atoms with Gasteiger partial charge in [0, 0.05) is 17.3 Å². The van der Waals surface area contributed by atoms with Crippen molar-refractivity contribution in [2.75, 3.05) is 5.73 Å². The highest BCUT2D eigenvalue weighted by molar-refractivity contribution is 5.80. The first kappa shape index (κ1) is 11.0. The minimum absolute atomic E-state index is 0.497. The molecule has 1 aromatic carbocycles. The van der Waals surface area contributed by atoms with Crippen molar-refractivity contribution in [1.29, 1.82) is 0 Å². The molecule has 0 amide bonds. The molecule has 0 spiro atoms. The minimum Gasteiger partial charge on any atom is -0.398 e. The fourth-order valence-corrected chi connectivity index (χ4v) is 1.24. The van der Waals surface area contributed by atoms with E-state index in [-0.39, 0.29) is 0 Å². The summed E-state index contributed by atoms with van der Waals surface area (Å²) in [7, 11) is 0. The lowest BCUT2D eigenvalue weighted by Crippen LogP contribution is -1.92. The largest absolute Gasteiger partial charge is 0.398 e. The maximum absolute atomic E-state index is 10.2. The third-order valence-electron chi connectivity index (χ3n) is 1.96. The SMILES string of the molecule is C/C=C(\C=C\[N+](=O)[O-])c1ccccc1N. The molecule has 4 heteroatoms. The van der Waals surface area contributed by atoms with Crippen LogP contribution in [0.5, 0.6) is 0 Å². The number of nitrogens with zero attached hydrogens (tertiary/aromatic N) is 1. The zero-order valence-electron chi connectivity index (χ0n) is 8.38. The number of nitro groups is 1. The smallest absolute Gasteiger partial charge is 0.235 e. The lowest BCUT2D eigenvalue weighted by Gasteiger charge is -2.04. The number of anilines is 1. The molecule has 0 aromatic heterocycles. The molecule has 1 aromatic rings.